The monoisotopic (exact) mass is 725 g/mol. The molecule has 2 aliphatic carbocycles. The zero-order valence-electron chi connectivity index (χ0n) is 31.5. The third-order valence-corrected chi connectivity index (χ3v) is 14.0. The van der Waals surface area contributed by atoms with Gasteiger partial charge in [-0.1, -0.05) is 82.5 Å². The SMILES string of the molecule is CC(C)(C)c1ccc(-c2nc3c(ccc4c3c3cc(-c5cc(-c6ccc(C7CCC8(CCCCC8)CC7)cc6)ccn5)ccc3c3cccn34)s2)c(O)c1. The highest BCUT2D eigenvalue weighted by molar-refractivity contribution is 7.21. The molecule has 5 heteroatoms. The molecule has 4 aromatic carbocycles. The summed E-state index contributed by atoms with van der Waals surface area (Å²) in [5.74, 6) is 0.965. The molecule has 2 fully saturated rings. The molecule has 2 aliphatic rings. The van der Waals surface area contributed by atoms with Crippen LogP contribution in [0, 0.1) is 5.41 Å². The van der Waals surface area contributed by atoms with Gasteiger partial charge in [-0.25, -0.2) is 4.98 Å². The minimum absolute atomic E-state index is 0.0511. The fraction of sp³-hybridized carbons (Fsp3) is 0.306. The summed E-state index contributed by atoms with van der Waals surface area (Å²) in [6, 6.07) is 35.3. The number of pyridine rings is 2. The molecular weight excluding hydrogens is 679 g/mol. The maximum Gasteiger partial charge on any atom is 0.128 e. The minimum Gasteiger partial charge on any atom is -0.507 e. The van der Waals surface area contributed by atoms with Gasteiger partial charge in [-0.2, -0.15) is 0 Å². The van der Waals surface area contributed by atoms with Gasteiger partial charge in [0.15, 0.2) is 0 Å². The second kappa shape index (κ2) is 12.8. The summed E-state index contributed by atoms with van der Waals surface area (Å²) >= 11 is 1.63. The van der Waals surface area contributed by atoms with E-state index in [0.717, 1.165) is 53.9 Å². The number of aromatic nitrogens is 3. The molecule has 0 unspecified atom stereocenters. The van der Waals surface area contributed by atoms with Gasteiger partial charge < -0.3 is 9.51 Å². The molecule has 10 rings (SSSR count). The summed E-state index contributed by atoms with van der Waals surface area (Å²) in [6.07, 6.45) is 16.8. The summed E-state index contributed by atoms with van der Waals surface area (Å²) in [6.45, 7) is 6.49. The van der Waals surface area contributed by atoms with Crippen molar-refractivity contribution in [2.45, 2.75) is 89.9 Å². The average molecular weight is 726 g/mol. The Hall–Kier alpha value is -5.00. The van der Waals surface area contributed by atoms with Crippen molar-refractivity contribution < 1.29 is 5.11 Å². The molecule has 0 saturated heterocycles. The highest BCUT2D eigenvalue weighted by Gasteiger charge is 2.36. The molecule has 0 amide bonds. The Morgan fingerprint density at radius 1 is 0.741 bits per heavy atom. The largest absolute Gasteiger partial charge is 0.507 e. The molecule has 1 N–H and O–H groups in total. The number of hydrogen-bond acceptors (Lipinski definition) is 4. The first kappa shape index (κ1) is 33.6. The van der Waals surface area contributed by atoms with Gasteiger partial charge in [0.05, 0.1) is 32.5 Å². The topological polar surface area (TPSA) is 50.4 Å². The fourth-order valence-corrected chi connectivity index (χ4v) is 10.8. The number of phenolic OH excluding ortho intramolecular Hbond substituents is 1. The van der Waals surface area contributed by atoms with Crippen LogP contribution in [0.1, 0.15) is 95.6 Å². The molecule has 1 spiro atoms. The molecule has 0 atom stereocenters. The minimum atomic E-state index is -0.0511. The van der Waals surface area contributed by atoms with Crippen molar-refractivity contribution in [1.29, 1.82) is 0 Å². The number of hydrogen-bond donors (Lipinski definition) is 1. The summed E-state index contributed by atoms with van der Waals surface area (Å²) in [5, 5.41) is 15.4. The molecule has 0 aliphatic heterocycles. The third-order valence-electron chi connectivity index (χ3n) is 12.9. The van der Waals surface area contributed by atoms with Crippen LogP contribution >= 0.6 is 11.3 Å². The molecule has 4 aromatic heterocycles. The smallest absolute Gasteiger partial charge is 0.128 e. The lowest BCUT2D eigenvalue weighted by molar-refractivity contribution is 0.114. The van der Waals surface area contributed by atoms with E-state index >= 15 is 0 Å². The Morgan fingerprint density at radius 2 is 1.54 bits per heavy atom. The molecule has 4 nitrogen and oxygen atoms in total. The molecule has 2 saturated carbocycles. The number of fused-ring (bicyclic) bond motifs is 8. The molecule has 54 heavy (non-hydrogen) atoms. The molecule has 0 bridgehead atoms. The van der Waals surface area contributed by atoms with E-state index < -0.39 is 0 Å². The van der Waals surface area contributed by atoms with Gasteiger partial charge in [0.25, 0.3) is 0 Å². The lowest BCUT2D eigenvalue weighted by atomic mass is 9.62. The highest BCUT2D eigenvalue weighted by atomic mass is 32.1. The van der Waals surface area contributed by atoms with Gasteiger partial charge in [-0.3, -0.25) is 4.98 Å². The van der Waals surface area contributed by atoms with Crippen molar-refractivity contribution in [1.82, 2.24) is 14.4 Å². The zero-order valence-corrected chi connectivity index (χ0v) is 32.3. The van der Waals surface area contributed by atoms with Crippen molar-refractivity contribution in [2.75, 3.05) is 0 Å². The fourth-order valence-electron chi connectivity index (χ4n) is 9.77. The van der Waals surface area contributed by atoms with Crippen LogP contribution in [0.25, 0.3) is 70.4 Å². The van der Waals surface area contributed by atoms with Crippen LogP contribution in [0.3, 0.4) is 0 Å². The van der Waals surface area contributed by atoms with E-state index in [4.69, 9.17) is 9.97 Å². The maximum absolute atomic E-state index is 11.2. The zero-order chi connectivity index (χ0) is 36.6. The molecular formula is C49H47N3OS. The number of phenols is 1. The van der Waals surface area contributed by atoms with Crippen LogP contribution in [0.15, 0.2) is 109 Å². The predicted octanol–water partition coefficient (Wildman–Crippen LogP) is 13.9. The van der Waals surface area contributed by atoms with Crippen molar-refractivity contribution in [3.05, 3.63) is 121 Å². The van der Waals surface area contributed by atoms with E-state index in [2.05, 4.69) is 116 Å². The van der Waals surface area contributed by atoms with Gasteiger partial charge >= 0.3 is 0 Å². The Balaban J connectivity index is 1.02. The number of thiazole rings is 1. The van der Waals surface area contributed by atoms with Gasteiger partial charge in [-0.15, -0.1) is 11.3 Å². The first-order valence-corrected chi connectivity index (χ1v) is 20.7. The Kier molecular flexibility index (Phi) is 7.96. The Morgan fingerprint density at radius 3 is 2.31 bits per heavy atom. The number of rotatable bonds is 4. The maximum atomic E-state index is 11.2. The van der Waals surface area contributed by atoms with Crippen LogP contribution in [-0.4, -0.2) is 19.5 Å². The van der Waals surface area contributed by atoms with Crippen molar-refractivity contribution >= 4 is 48.7 Å². The van der Waals surface area contributed by atoms with Gasteiger partial charge in [-0.05, 0) is 138 Å². The summed E-state index contributed by atoms with van der Waals surface area (Å²) < 4.78 is 3.37. The van der Waals surface area contributed by atoms with Crippen LogP contribution in [0.4, 0.5) is 0 Å². The normalized spacial score (nSPS) is 16.6. The molecule has 8 aromatic rings. The second-order valence-electron chi connectivity index (χ2n) is 17.2. The van der Waals surface area contributed by atoms with Crippen LogP contribution in [0.5, 0.6) is 5.75 Å². The molecule has 0 radical (unpaired) electrons. The number of nitrogens with zero attached hydrogens (tertiary/aromatic N) is 3. The average Bonchev–Trinajstić information content (AvgIpc) is 3.87. The predicted molar refractivity (Wildman–Crippen MR) is 227 cm³/mol. The van der Waals surface area contributed by atoms with Crippen LogP contribution in [-0.2, 0) is 5.41 Å². The number of benzene rings is 4. The van der Waals surface area contributed by atoms with E-state index in [-0.39, 0.29) is 11.2 Å². The molecule has 270 valence electrons. The third kappa shape index (κ3) is 5.71. The van der Waals surface area contributed by atoms with E-state index in [0.29, 0.717) is 11.3 Å². The van der Waals surface area contributed by atoms with E-state index in [1.165, 1.54) is 85.4 Å². The summed E-state index contributed by atoms with van der Waals surface area (Å²) in [7, 11) is 0. The highest BCUT2D eigenvalue weighted by Crippen LogP contribution is 2.51. The van der Waals surface area contributed by atoms with Crippen molar-refractivity contribution in [3.8, 4) is 38.7 Å². The quantitative estimate of drug-likeness (QED) is 0.184. The number of aromatic hydroxyl groups is 1. The van der Waals surface area contributed by atoms with Gasteiger partial charge in [0, 0.05) is 28.7 Å². The van der Waals surface area contributed by atoms with Gasteiger partial charge in [0.1, 0.15) is 10.8 Å². The van der Waals surface area contributed by atoms with Crippen LogP contribution < -0.4 is 0 Å². The van der Waals surface area contributed by atoms with Crippen LogP contribution in [0.2, 0.25) is 0 Å². The van der Waals surface area contributed by atoms with E-state index in [9.17, 15) is 5.11 Å². The first-order valence-electron chi connectivity index (χ1n) is 19.9. The van der Waals surface area contributed by atoms with E-state index in [1.807, 2.05) is 18.3 Å². The first-order chi connectivity index (χ1) is 26.2. The van der Waals surface area contributed by atoms with Crippen molar-refractivity contribution in [2.24, 2.45) is 5.41 Å². The van der Waals surface area contributed by atoms with E-state index in [1.54, 1.807) is 11.3 Å². The second-order valence-corrected chi connectivity index (χ2v) is 18.2. The summed E-state index contributed by atoms with van der Waals surface area (Å²) in [4.78, 5) is 10.2. The summed E-state index contributed by atoms with van der Waals surface area (Å²) in [5.41, 5.74) is 11.7. The lowest BCUT2D eigenvalue weighted by Gasteiger charge is -2.43. The molecule has 4 heterocycles. The lowest BCUT2D eigenvalue weighted by Crippen LogP contribution is -2.29. The van der Waals surface area contributed by atoms with Crippen molar-refractivity contribution in [3.63, 3.8) is 0 Å². The van der Waals surface area contributed by atoms with Gasteiger partial charge in [0.2, 0.25) is 0 Å². The standard InChI is InChI=1S/C49H47N3OS/c1-48(2,3)36-14-16-38(43(53)30-36)47-51-46-44(54-47)18-17-42-45(46)39-28-35(13-15-37(39)41-8-7-27-52(41)42)40-29-34(21-26-50-40)32-11-9-31(10-12-32)33-19-24-49(25-20-33)22-5-4-6-23-49/h7-18,21,26-30,33,53H,4-6,19-20,22-25H2,1-3H3. The Labute approximate surface area is 321 Å². The Bertz CT molecular complexity index is 2700.